The van der Waals surface area contributed by atoms with Crippen molar-refractivity contribution in [2.24, 2.45) is 0 Å². The van der Waals surface area contributed by atoms with Gasteiger partial charge in [-0.05, 0) is 12.1 Å². The number of thiophene rings is 1. The van der Waals surface area contributed by atoms with E-state index in [9.17, 15) is 9.59 Å². The number of nitrogens with zero attached hydrogens (tertiary/aromatic N) is 1. The molecule has 1 aromatic rings. The highest BCUT2D eigenvalue weighted by Crippen LogP contribution is 2.23. The first-order chi connectivity index (χ1) is 8.61. The second-order valence-corrected chi connectivity index (χ2v) is 5.54. The van der Waals surface area contributed by atoms with Gasteiger partial charge in [0.05, 0.1) is 22.4 Å². The van der Waals surface area contributed by atoms with Gasteiger partial charge in [-0.3, -0.25) is 9.59 Å². The van der Waals surface area contributed by atoms with Gasteiger partial charge in [-0.1, -0.05) is 11.6 Å². The van der Waals surface area contributed by atoms with Gasteiger partial charge in [-0.2, -0.15) is 0 Å². The highest BCUT2D eigenvalue weighted by molar-refractivity contribution is 7.17. The average Bonchev–Trinajstić information content (AvgIpc) is 2.83. The third-order valence-corrected chi connectivity index (χ3v) is 3.90. The van der Waals surface area contributed by atoms with Crippen LogP contribution in [0.15, 0.2) is 12.1 Å². The van der Waals surface area contributed by atoms with E-state index in [-0.39, 0.29) is 18.4 Å². The van der Waals surface area contributed by atoms with Gasteiger partial charge in [0, 0.05) is 13.6 Å². The molecule has 0 spiro atoms. The van der Waals surface area contributed by atoms with Crippen LogP contribution < -0.4 is 5.32 Å². The summed E-state index contributed by atoms with van der Waals surface area (Å²) >= 11 is 7.04. The second-order valence-electron chi connectivity index (χ2n) is 3.83. The maximum absolute atomic E-state index is 12.2. The molecule has 1 saturated heterocycles. The number of halogens is 1. The van der Waals surface area contributed by atoms with Crippen LogP contribution in [0.4, 0.5) is 0 Å². The lowest BCUT2D eigenvalue weighted by atomic mass is 10.2. The number of carbonyl (C=O) groups excluding carboxylic acids is 2. The normalized spacial score (nSPS) is 19.7. The van der Waals surface area contributed by atoms with E-state index < -0.39 is 6.10 Å². The topological polar surface area (TPSA) is 58.6 Å². The zero-order valence-electron chi connectivity index (χ0n) is 9.81. The van der Waals surface area contributed by atoms with Gasteiger partial charge in [0.25, 0.3) is 11.8 Å². The van der Waals surface area contributed by atoms with Crippen LogP contribution in [0.3, 0.4) is 0 Å². The number of amides is 2. The molecule has 0 bridgehead atoms. The molecule has 5 nitrogen and oxygen atoms in total. The van der Waals surface area contributed by atoms with Crippen LogP contribution in [-0.4, -0.2) is 49.6 Å². The van der Waals surface area contributed by atoms with E-state index in [0.29, 0.717) is 22.4 Å². The van der Waals surface area contributed by atoms with Crippen LogP contribution >= 0.6 is 22.9 Å². The maximum Gasteiger partial charge on any atom is 0.264 e. The monoisotopic (exact) mass is 288 g/mol. The summed E-state index contributed by atoms with van der Waals surface area (Å²) in [4.78, 5) is 25.8. The van der Waals surface area contributed by atoms with Crippen LogP contribution in [0.2, 0.25) is 4.34 Å². The standard InChI is InChI=1S/C11H13ClN2O3S/c1-13-10(15)7-6-14(4-5-17-7)11(16)8-2-3-9(12)18-8/h2-3,7H,4-6H2,1H3,(H,13,15)/t7-/m1/s1. The summed E-state index contributed by atoms with van der Waals surface area (Å²) in [5.41, 5.74) is 0. The van der Waals surface area contributed by atoms with Crippen molar-refractivity contribution in [3.05, 3.63) is 21.3 Å². The van der Waals surface area contributed by atoms with Gasteiger partial charge in [0.1, 0.15) is 0 Å². The fourth-order valence-electron chi connectivity index (χ4n) is 1.74. The van der Waals surface area contributed by atoms with Crippen molar-refractivity contribution in [1.29, 1.82) is 0 Å². The van der Waals surface area contributed by atoms with Crippen LogP contribution in [0.25, 0.3) is 0 Å². The summed E-state index contributed by atoms with van der Waals surface area (Å²) in [5.74, 6) is -0.319. The second kappa shape index (κ2) is 5.69. The van der Waals surface area contributed by atoms with Gasteiger partial charge in [-0.15, -0.1) is 11.3 Å². The number of rotatable bonds is 2. The fourth-order valence-corrected chi connectivity index (χ4v) is 2.75. The van der Waals surface area contributed by atoms with Crippen molar-refractivity contribution in [1.82, 2.24) is 10.2 Å². The van der Waals surface area contributed by atoms with Gasteiger partial charge in [-0.25, -0.2) is 0 Å². The molecule has 18 heavy (non-hydrogen) atoms. The van der Waals surface area contributed by atoms with Crippen molar-refractivity contribution in [3.8, 4) is 0 Å². The quantitative estimate of drug-likeness (QED) is 0.883. The molecule has 0 saturated carbocycles. The molecule has 1 aromatic heterocycles. The minimum Gasteiger partial charge on any atom is -0.365 e. The fraction of sp³-hybridized carbons (Fsp3) is 0.455. The summed E-state index contributed by atoms with van der Waals surface area (Å²) in [6.07, 6.45) is -0.594. The molecule has 1 aliphatic heterocycles. The van der Waals surface area contributed by atoms with E-state index in [1.54, 1.807) is 24.1 Å². The van der Waals surface area contributed by atoms with Crippen molar-refractivity contribution < 1.29 is 14.3 Å². The Kier molecular flexibility index (Phi) is 4.21. The first-order valence-electron chi connectivity index (χ1n) is 5.49. The van der Waals surface area contributed by atoms with Crippen LogP contribution in [0.5, 0.6) is 0 Å². The first kappa shape index (κ1) is 13.3. The molecule has 0 aliphatic carbocycles. The molecule has 2 amide bonds. The zero-order chi connectivity index (χ0) is 13.1. The van der Waals surface area contributed by atoms with E-state index in [4.69, 9.17) is 16.3 Å². The highest BCUT2D eigenvalue weighted by Gasteiger charge is 2.29. The molecular formula is C11H13ClN2O3S. The predicted octanol–water partition coefficient (Wildman–Crippen LogP) is 0.989. The number of nitrogens with one attached hydrogen (secondary N) is 1. The molecule has 1 aliphatic rings. The molecule has 0 radical (unpaired) electrons. The predicted molar refractivity (Wildman–Crippen MR) is 69.0 cm³/mol. The molecule has 2 heterocycles. The largest absolute Gasteiger partial charge is 0.365 e. The lowest BCUT2D eigenvalue weighted by molar-refractivity contribution is -0.136. The molecule has 7 heteroatoms. The minimum atomic E-state index is -0.594. The Morgan fingerprint density at radius 1 is 1.56 bits per heavy atom. The number of hydrogen-bond acceptors (Lipinski definition) is 4. The smallest absolute Gasteiger partial charge is 0.264 e. The summed E-state index contributed by atoms with van der Waals surface area (Å²) in [5, 5.41) is 2.52. The summed E-state index contributed by atoms with van der Waals surface area (Å²) in [6.45, 7) is 1.12. The number of carbonyl (C=O) groups is 2. The molecule has 1 atom stereocenters. The molecule has 1 N–H and O–H groups in total. The lowest BCUT2D eigenvalue weighted by Crippen LogP contribution is -2.50. The lowest BCUT2D eigenvalue weighted by Gasteiger charge is -2.31. The van der Waals surface area contributed by atoms with Crippen molar-refractivity contribution >= 4 is 34.8 Å². The van der Waals surface area contributed by atoms with Crippen LogP contribution in [0.1, 0.15) is 9.67 Å². The summed E-state index contributed by atoms with van der Waals surface area (Å²) in [6, 6.07) is 3.38. The Balaban J connectivity index is 2.05. The molecule has 0 aromatic carbocycles. The number of ether oxygens (including phenoxy) is 1. The van der Waals surface area contributed by atoms with E-state index in [2.05, 4.69) is 5.32 Å². The molecule has 0 unspecified atom stereocenters. The first-order valence-corrected chi connectivity index (χ1v) is 6.69. The molecule has 2 rings (SSSR count). The van der Waals surface area contributed by atoms with Crippen LogP contribution in [0, 0.1) is 0 Å². The Labute approximate surface area is 114 Å². The van der Waals surface area contributed by atoms with E-state index in [0.717, 1.165) is 0 Å². The van der Waals surface area contributed by atoms with Crippen LogP contribution in [-0.2, 0) is 9.53 Å². The third kappa shape index (κ3) is 2.82. The van der Waals surface area contributed by atoms with E-state index >= 15 is 0 Å². The minimum absolute atomic E-state index is 0.107. The average molecular weight is 289 g/mol. The molecule has 1 fully saturated rings. The van der Waals surface area contributed by atoms with Gasteiger partial charge < -0.3 is 15.0 Å². The molecule has 98 valence electrons. The van der Waals surface area contributed by atoms with E-state index in [1.165, 1.54) is 11.3 Å². The Morgan fingerprint density at radius 2 is 2.33 bits per heavy atom. The highest BCUT2D eigenvalue weighted by atomic mass is 35.5. The van der Waals surface area contributed by atoms with Gasteiger partial charge in [0.15, 0.2) is 6.10 Å². The van der Waals surface area contributed by atoms with Crippen molar-refractivity contribution in [2.45, 2.75) is 6.10 Å². The zero-order valence-corrected chi connectivity index (χ0v) is 11.4. The van der Waals surface area contributed by atoms with E-state index in [1.807, 2.05) is 0 Å². The Morgan fingerprint density at radius 3 is 2.94 bits per heavy atom. The van der Waals surface area contributed by atoms with Crippen molar-refractivity contribution in [2.75, 3.05) is 26.7 Å². The summed E-state index contributed by atoms with van der Waals surface area (Å²) < 4.78 is 5.90. The number of morpholine rings is 1. The number of likely N-dealkylation sites (N-methyl/N-ethyl adjacent to an activating group) is 1. The SMILES string of the molecule is CNC(=O)[C@H]1CN(C(=O)c2ccc(Cl)s2)CCO1. The summed E-state index contributed by atoms with van der Waals surface area (Å²) in [7, 11) is 1.55. The Bertz CT molecular complexity index is 463. The van der Waals surface area contributed by atoms with Gasteiger partial charge in [0.2, 0.25) is 0 Å². The van der Waals surface area contributed by atoms with Crippen molar-refractivity contribution in [3.63, 3.8) is 0 Å². The third-order valence-electron chi connectivity index (χ3n) is 2.68. The maximum atomic E-state index is 12.2. The Hall–Kier alpha value is -1.11. The van der Waals surface area contributed by atoms with Gasteiger partial charge >= 0.3 is 0 Å². The number of hydrogen-bond donors (Lipinski definition) is 1. The molecular weight excluding hydrogens is 276 g/mol.